The summed E-state index contributed by atoms with van der Waals surface area (Å²) in [6.45, 7) is 1.55. The molecule has 0 fully saturated rings. The zero-order valence-electron chi connectivity index (χ0n) is 10.0. The smallest absolute Gasteiger partial charge is 0.123 e. The number of pyridine rings is 1. The fourth-order valence-electron chi connectivity index (χ4n) is 1.73. The van der Waals surface area contributed by atoms with E-state index in [1.807, 2.05) is 30.1 Å². The van der Waals surface area contributed by atoms with Gasteiger partial charge in [-0.25, -0.2) is 4.98 Å². The van der Waals surface area contributed by atoms with Gasteiger partial charge in [-0.15, -0.1) is 11.3 Å². The molecule has 94 valence electrons. The quantitative estimate of drug-likeness (QED) is 0.845. The van der Waals surface area contributed by atoms with Crippen LogP contribution in [-0.4, -0.2) is 26.9 Å². The molecule has 4 nitrogen and oxygen atoms in total. The summed E-state index contributed by atoms with van der Waals surface area (Å²) in [4.78, 5) is 11.0. The maximum atomic E-state index is 5.67. The van der Waals surface area contributed by atoms with E-state index in [-0.39, 0.29) is 0 Å². The van der Waals surface area contributed by atoms with Crippen LogP contribution in [0.4, 0.5) is 0 Å². The molecule has 0 atom stereocenters. The van der Waals surface area contributed by atoms with Gasteiger partial charge in [0, 0.05) is 24.7 Å². The first kappa shape index (κ1) is 13.1. The summed E-state index contributed by atoms with van der Waals surface area (Å²) >= 11 is 6.61. The first-order valence-electron chi connectivity index (χ1n) is 5.46. The summed E-state index contributed by atoms with van der Waals surface area (Å²) in [6, 6.07) is 3.90. The highest BCUT2D eigenvalue weighted by atomic mass is 32.1. The highest BCUT2D eigenvalue weighted by Gasteiger charge is 2.09. The molecule has 2 aromatic rings. The number of nitrogens with zero attached hydrogens (tertiary/aromatic N) is 3. The molecule has 2 N–H and O–H groups in total. The zero-order chi connectivity index (χ0) is 13.0. The second-order valence-corrected chi connectivity index (χ2v) is 5.19. The van der Waals surface area contributed by atoms with Gasteiger partial charge < -0.3 is 5.73 Å². The summed E-state index contributed by atoms with van der Waals surface area (Å²) in [5, 5.41) is 2.05. The Hall–Kier alpha value is -1.37. The number of nitrogens with two attached hydrogens (primary N) is 1. The van der Waals surface area contributed by atoms with Crippen LogP contribution in [0.1, 0.15) is 17.0 Å². The fourth-order valence-corrected chi connectivity index (χ4v) is 2.46. The minimum Gasteiger partial charge on any atom is -0.388 e. The summed E-state index contributed by atoms with van der Waals surface area (Å²) < 4.78 is 0. The molecule has 0 bridgehead atoms. The Morgan fingerprint density at radius 3 is 2.94 bits per heavy atom. The fraction of sp³-hybridized carbons (Fsp3) is 0.250. The number of rotatable bonds is 5. The second kappa shape index (κ2) is 5.99. The monoisotopic (exact) mass is 278 g/mol. The van der Waals surface area contributed by atoms with Crippen molar-refractivity contribution >= 4 is 28.5 Å². The van der Waals surface area contributed by atoms with Crippen LogP contribution in [0.3, 0.4) is 0 Å². The van der Waals surface area contributed by atoms with Gasteiger partial charge in [-0.05, 0) is 18.7 Å². The van der Waals surface area contributed by atoms with Crippen molar-refractivity contribution in [2.24, 2.45) is 5.73 Å². The summed E-state index contributed by atoms with van der Waals surface area (Å²) in [5.41, 5.74) is 10.3. The molecule has 0 saturated carbocycles. The Morgan fingerprint density at radius 1 is 1.44 bits per heavy atom. The largest absolute Gasteiger partial charge is 0.388 e. The van der Waals surface area contributed by atoms with Crippen molar-refractivity contribution in [3.05, 3.63) is 46.2 Å². The van der Waals surface area contributed by atoms with Gasteiger partial charge in [0.1, 0.15) is 10.7 Å². The van der Waals surface area contributed by atoms with E-state index in [0.717, 1.165) is 24.3 Å². The molecular weight excluding hydrogens is 264 g/mol. The van der Waals surface area contributed by atoms with Gasteiger partial charge in [0.15, 0.2) is 0 Å². The summed E-state index contributed by atoms with van der Waals surface area (Å²) in [6.07, 6.45) is 1.71. The maximum absolute atomic E-state index is 5.67. The molecule has 0 spiro atoms. The van der Waals surface area contributed by atoms with E-state index in [4.69, 9.17) is 18.0 Å². The van der Waals surface area contributed by atoms with Gasteiger partial charge in [-0.1, -0.05) is 18.3 Å². The molecule has 6 heteroatoms. The van der Waals surface area contributed by atoms with Crippen LogP contribution in [0.5, 0.6) is 0 Å². The molecule has 0 aliphatic carbocycles. The third-order valence-corrected chi connectivity index (χ3v) is 3.31. The lowest BCUT2D eigenvalue weighted by Crippen LogP contribution is -2.21. The van der Waals surface area contributed by atoms with E-state index in [1.54, 1.807) is 17.5 Å². The maximum Gasteiger partial charge on any atom is 0.123 e. The Bertz CT molecular complexity index is 525. The van der Waals surface area contributed by atoms with Crippen LogP contribution < -0.4 is 5.73 Å². The lowest BCUT2D eigenvalue weighted by Gasteiger charge is -2.16. The highest BCUT2D eigenvalue weighted by Crippen LogP contribution is 2.11. The van der Waals surface area contributed by atoms with E-state index in [1.165, 1.54) is 0 Å². The van der Waals surface area contributed by atoms with E-state index < -0.39 is 0 Å². The van der Waals surface area contributed by atoms with E-state index in [2.05, 4.69) is 14.9 Å². The van der Waals surface area contributed by atoms with Crippen molar-refractivity contribution in [1.29, 1.82) is 0 Å². The molecule has 0 aromatic carbocycles. The third kappa shape index (κ3) is 3.32. The van der Waals surface area contributed by atoms with Crippen molar-refractivity contribution in [3.8, 4) is 0 Å². The van der Waals surface area contributed by atoms with Crippen LogP contribution in [0.15, 0.2) is 29.2 Å². The topological polar surface area (TPSA) is 55.0 Å². The van der Waals surface area contributed by atoms with Crippen LogP contribution in [0.2, 0.25) is 0 Å². The van der Waals surface area contributed by atoms with Gasteiger partial charge in [0.25, 0.3) is 0 Å². The van der Waals surface area contributed by atoms with Crippen molar-refractivity contribution < 1.29 is 0 Å². The van der Waals surface area contributed by atoms with Gasteiger partial charge in [0.05, 0.1) is 11.2 Å². The van der Waals surface area contributed by atoms with Crippen molar-refractivity contribution in [2.45, 2.75) is 13.1 Å². The molecule has 18 heavy (non-hydrogen) atoms. The molecular formula is C12H14N4S2. The summed E-state index contributed by atoms with van der Waals surface area (Å²) in [7, 11) is 2.04. The molecule has 2 aromatic heterocycles. The standard InChI is InChI=1S/C12H14N4S2/c1-16(6-10-7-18-8-15-10)5-9-3-2-4-14-11(9)12(13)17/h2-4,7-8H,5-6H2,1H3,(H2,13,17). The molecule has 2 rings (SSSR count). The van der Waals surface area contributed by atoms with Gasteiger partial charge >= 0.3 is 0 Å². The van der Waals surface area contributed by atoms with Crippen LogP contribution in [0, 0.1) is 0 Å². The van der Waals surface area contributed by atoms with Crippen LogP contribution >= 0.6 is 23.6 Å². The number of thiazole rings is 1. The lowest BCUT2D eigenvalue weighted by molar-refractivity contribution is 0.315. The lowest BCUT2D eigenvalue weighted by atomic mass is 10.2. The molecule has 0 aliphatic rings. The molecule has 0 unspecified atom stereocenters. The Labute approximate surface area is 115 Å². The van der Waals surface area contributed by atoms with Crippen LogP contribution in [0.25, 0.3) is 0 Å². The number of aromatic nitrogens is 2. The predicted molar refractivity (Wildman–Crippen MR) is 77.4 cm³/mol. The normalized spacial score (nSPS) is 10.8. The van der Waals surface area contributed by atoms with E-state index in [0.29, 0.717) is 10.7 Å². The Morgan fingerprint density at radius 2 is 2.28 bits per heavy atom. The molecule has 2 heterocycles. The Balaban J connectivity index is 2.07. The predicted octanol–water partition coefficient (Wildman–Crippen LogP) is 1.80. The minimum absolute atomic E-state index is 0.340. The average molecular weight is 278 g/mol. The Kier molecular flexibility index (Phi) is 4.35. The van der Waals surface area contributed by atoms with Gasteiger partial charge in [0.2, 0.25) is 0 Å². The third-order valence-electron chi connectivity index (χ3n) is 2.48. The first-order chi connectivity index (χ1) is 8.66. The van der Waals surface area contributed by atoms with Crippen molar-refractivity contribution in [1.82, 2.24) is 14.9 Å². The van der Waals surface area contributed by atoms with Crippen LogP contribution in [-0.2, 0) is 13.1 Å². The van der Waals surface area contributed by atoms with Crippen molar-refractivity contribution in [2.75, 3.05) is 7.05 Å². The van der Waals surface area contributed by atoms with Gasteiger partial charge in [-0.2, -0.15) is 0 Å². The number of thiocarbonyl (C=S) groups is 1. The molecule has 0 radical (unpaired) electrons. The first-order valence-corrected chi connectivity index (χ1v) is 6.81. The highest BCUT2D eigenvalue weighted by molar-refractivity contribution is 7.80. The molecule has 0 saturated heterocycles. The van der Waals surface area contributed by atoms with Gasteiger partial charge in [-0.3, -0.25) is 9.88 Å². The molecule has 0 amide bonds. The number of hydrogen-bond donors (Lipinski definition) is 1. The van der Waals surface area contributed by atoms with E-state index >= 15 is 0 Å². The minimum atomic E-state index is 0.340. The number of hydrogen-bond acceptors (Lipinski definition) is 5. The van der Waals surface area contributed by atoms with Crippen molar-refractivity contribution in [3.63, 3.8) is 0 Å². The van der Waals surface area contributed by atoms with E-state index in [9.17, 15) is 0 Å². The molecule has 0 aliphatic heterocycles. The SMILES string of the molecule is CN(Cc1cscn1)Cc1cccnc1C(N)=S. The average Bonchev–Trinajstić information content (AvgIpc) is 2.82. The second-order valence-electron chi connectivity index (χ2n) is 4.03. The zero-order valence-corrected chi connectivity index (χ0v) is 11.7. The summed E-state index contributed by atoms with van der Waals surface area (Å²) in [5.74, 6) is 0.